The van der Waals surface area contributed by atoms with Crippen molar-refractivity contribution < 1.29 is 0 Å². The molecule has 0 saturated carbocycles. The minimum Gasteiger partial charge on any atom is -0.337 e. The second-order valence-corrected chi connectivity index (χ2v) is 2.80. The molecule has 0 atom stereocenters. The van der Waals surface area contributed by atoms with Gasteiger partial charge in [-0.1, -0.05) is 29.8 Å². The van der Waals surface area contributed by atoms with E-state index in [1.165, 1.54) is 0 Å². The summed E-state index contributed by atoms with van der Waals surface area (Å²) in [6.45, 7) is 1.97. The lowest BCUT2D eigenvalue weighted by Crippen LogP contribution is -2.37. The summed E-state index contributed by atoms with van der Waals surface area (Å²) in [4.78, 5) is 0. The fourth-order valence-corrected chi connectivity index (χ4v) is 0.914. The lowest BCUT2D eigenvalue weighted by molar-refractivity contribution is 0.910. The topological polar surface area (TPSA) is 26.0 Å². The van der Waals surface area contributed by atoms with E-state index >= 15 is 0 Å². The Bertz CT molecular complexity index is 253. The molecule has 0 amide bonds. The lowest BCUT2D eigenvalue weighted by atomic mass is 9.59. The average Bonchev–Trinajstić information content (AvgIpc) is 1.86. The van der Waals surface area contributed by atoms with Crippen molar-refractivity contribution in [3.05, 3.63) is 35.4 Å². The van der Waals surface area contributed by atoms with Crippen LogP contribution in [0, 0.1) is 6.92 Å². The molecule has 0 unspecified atom stereocenters. The number of hydrogen-bond donors (Lipinski definition) is 1. The Hall–Kier alpha value is -0.690. The maximum absolute atomic E-state index is 5.48. The summed E-state index contributed by atoms with van der Waals surface area (Å²) in [5.41, 5.74) is 7.33. The molecule has 2 N–H and O–H groups in total. The zero-order valence-corrected chi connectivity index (χ0v) is 6.54. The molecule has 3 heteroatoms. The largest absolute Gasteiger partial charge is 0.337 e. The Labute approximate surface area is 69.8 Å². The summed E-state index contributed by atoms with van der Waals surface area (Å²) < 4.78 is 0. The van der Waals surface area contributed by atoms with Crippen molar-refractivity contribution in [3.8, 4) is 0 Å². The van der Waals surface area contributed by atoms with Gasteiger partial charge >= 0.3 is 0 Å². The summed E-state index contributed by atoms with van der Waals surface area (Å²) in [5.74, 6) is 0. The highest BCUT2D eigenvalue weighted by Gasteiger charge is 2.11. The normalized spacial score (nSPS) is 11.5. The number of hydrogen-bond acceptors (Lipinski definition) is 1. The summed E-state index contributed by atoms with van der Waals surface area (Å²) in [5, 5.41) is -1.22. The van der Waals surface area contributed by atoms with E-state index in [-0.39, 0.29) is 0 Å². The van der Waals surface area contributed by atoms with Crippen LogP contribution in [-0.2, 0) is 5.34 Å². The Morgan fingerprint density at radius 2 is 2.00 bits per heavy atom. The van der Waals surface area contributed by atoms with Gasteiger partial charge < -0.3 is 5.73 Å². The van der Waals surface area contributed by atoms with Crippen LogP contribution in [0.2, 0.25) is 0 Å². The van der Waals surface area contributed by atoms with Crippen molar-refractivity contribution in [2.45, 2.75) is 12.3 Å². The minimum absolute atomic E-state index is 0.748. The minimum atomic E-state index is -1.22. The third-order valence-corrected chi connectivity index (χ3v) is 1.52. The molecule has 11 heavy (non-hydrogen) atoms. The molecule has 0 heterocycles. The third kappa shape index (κ3) is 2.12. The summed E-state index contributed by atoms with van der Waals surface area (Å²) in [6.07, 6.45) is 0. The Morgan fingerprint density at radius 1 is 1.36 bits per heavy atom. The van der Waals surface area contributed by atoms with E-state index in [4.69, 9.17) is 21.4 Å². The predicted molar refractivity (Wildman–Crippen MR) is 48.6 cm³/mol. The molecule has 0 aromatic heterocycles. The molecular formula is C8H9B2N. The highest BCUT2D eigenvalue weighted by atomic mass is 14.6. The number of aryl methyl sites for hydroxylation is 1. The molecule has 0 aliphatic rings. The molecule has 0 bridgehead atoms. The van der Waals surface area contributed by atoms with E-state index in [0.29, 0.717) is 0 Å². The van der Waals surface area contributed by atoms with Crippen LogP contribution < -0.4 is 5.73 Å². The fourth-order valence-electron chi connectivity index (χ4n) is 0.914. The lowest BCUT2D eigenvalue weighted by Gasteiger charge is -2.20. The second kappa shape index (κ2) is 2.74. The van der Waals surface area contributed by atoms with E-state index in [2.05, 4.69) is 0 Å². The summed E-state index contributed by atoms with van der Waals surface area (Å²) in [7, 11) is 11.0. The van der Waals surface area contributed by atoms with Gasteiger partial charge in [-0.15, -0.1) is 0 Å². The van der Waals surface area contributed by atoms with Crippen molar-refractivity contribution in [2.75, 3.05) is 0 Å². The maximum atomic E-state index is 5.48. The summed E-state index contributed by atoms with van der Waals surface area (Å²) in [6, 6.07) is 7.54. The van der Waals surface area contributed by atoms with E-state index < -0.39 is 5.34 Å². The number of nitrogens with two attached hydrogens (primary N) is 1. The van der Waals surface area contributed by atoms with Crippen LogP contribution >= 0.6 is 0 Å². The van der Waals surface area contributed by atoms with Gasteiger partial charge in [0.2, 0.25) is 0 Å². The van der Waals surface area contributed by atoms with E-state index in [0.717, 1.165) is 11.1 Å². The van der Waals surface area contributed by atoms with Gasteiger partial charge in [0.05, 0.1) is 15.7 Å². The first-order valence-electron chi connectivity index (χ1n) is 3.44. The number of rotatable bonds is 1. The molecular weight excluding hydrogens is 132 g/mol. The smallest absolute Gasteiger partial charge is 0.0880 e. The molecule has 0 fully saturated rings. The van der Waals surface area contributed by atoms with E-state index in [9.17, 15) is 0 Å². The Balaban J connectivity index is 3.06. The molecule has 0 saturated heterocycles. The van der Waals surface area contributed by atoms with Crippen LogP contribution in [0.3, 0.4) is 0 Å². The molecule has 4 radical (unpaired) electrons. The highest BCUT2D eigenvalue weighted by molar-refractivity contribution is 6.39. The van der Waals surface area contributed by atoms with Crippen molar-refractivity contribution in [2.24, 2.45) is 5.73 Å². The number of benzene rings is 1. The summed E-state index contributed by atoms with van der Waals surface area (Å²) >= 11 is 0. The van der Waals surface area contributed by atoms with Crippen LogP contribution in [0.25, 0.3) is 0 Å². The average molecular weight is 141 g/mol. The van der Waals surface area contributed by atoms with Crippen LogP contribution in [0.1, 0.15) is 11.1 Å². The predicted octanol–water partition coefficient (Wildman–Crippen LogP) is 0.401. The monoisotopic (exact) mass is 141 g/mol. The first-order valence-corrected chi connectivity index (χ1v) is 3.44. The SMILES string of the molecule is [B]C([B])(N)c1cccc(C)c1. The van der Waals surface area contributed by atoms with E-state index in [1.807, 2.05) is 31.2 Å². The van der Waals surface area contributed by atoms with Crippen LogP contribution in [0.5, 0.6) is 0 Å². The van der Waals surface area contributed by atoms with Gasteiger partial charge in [-0.05, 0) is 17.8 Å². The van der Waals surface area contributed by atoms with Crippen molar-refractivity contribution in [1.82, 2.24) is 0 Å². The quantitative estimate of drug-likeness (QED) is 0.562. The van der Waals surface area contributed by atoms with Gasteiger partial charge in [0.1, 0.15) is 0 Å². The van der Waals surface area contributed by atoms with Crippen molar-refractivity contribution in [1.29, 1.82) is 0 Å². The zero-order chi connectivity index (χ0) is 8.48. The highest BCUT2D eigenvalue weighted by Crippen LogP contribution is 2.11. The van der Waals surface area contributed by atoms with Gasteiger partial charge in [-0.3, -0.25) is 0 Å². The maximum Gasteiger partial charge on any atom is 0.0880 e. The van der Waals surface area contributed by atoms with Crippen LogP contribution in [-0.4, -0.2) is 15.7 Å². The molecule has 0 spiro atoms. The van der Waals surface area contributed by atoms with Crippen molar-refractivity contribution in [3.63, 3.8) is 0 Å². The van der Waals surface area contributed by atoms with Crippen molar-refractivity contribution >= 4 is 15.7 Å². The molecule has 0 aliphatic carbocycles. The fraction of sp³-hybridized carbons (Fsp3) is 0.250. The molecule has 1 aromatic rings. The molecule has 0 aliphatic heterocycles. The first-order chi connectivity index (χ1) is 5.00. The van der Waals surface area contributed by atoms with E-state index in [1.54, 1.807) is 0 Å². The third-order valence-electron chi connectivity index (χ3n) is 1.52. The van der Waals surface area contributed by atoms with Gasteiger partial charge in [0.15, 0.2) is 0 Å². The van der Waals surface area contributed by atoms with Crippen LogP contribution in [0.15, 0.2) is 24.3 Å². The van der Waals surface area contributed by atoms with Gasteiger partial charge in [-0.2, -0.15) is 0 Å². The zero-order valence-electron chi connectivity index (χ0n) is 6.54. The standard InChI is InChI=1S/C8H9B2N/c1-6-3-2-4-7(5-6)8(9,10)11/h2-5H,11H2,1H3. The van der Waals surface area contributed by atoms with Crippen LogP contribution in [0.4, 0.5) is 0 Å². The van der Waals surface area contributed by atoms with Gasteiger partial charge in [0.25, 0.3) is 0 Å². The molecule has 52 valence electrons. The second-order valence-electron chi connectivity index (χ2n) is 2.80. The first kappa shape index (κ1) is 8.41. The van der Waals surface area contributed by atoms with Gasteiger partial charge in [-0.25, -0.2) is 0 Å². The van der Waals surface area contributed by atoms with Gasteiger partial charge in [0, 0.05) is 0 Å². The Kier molecular flexibility index (Phi) is 2.10. The molecule has 1 rings (SSSR count). The molecule has 1 nitrogen and oxygen atoms in total. The molecule has 1 aromatic carbocycles. The Morgan fingerprint density at radius 3 is 2.36 bits per heavy atom.